The van der Waals surface area contributed by atoms with Gasteiger partial charge in [0.15, 0.2) is 0 Å². The molecule has 2 rings (SSSR count). The molecule has 1 aliphatic heterocycles. The van der Waals surface area contributed by atoms with E-state index in [-0.39, 0.29) is 5.91 Å². The van der Waals surface area contributed by atoms with Crippen molar-refractivity contribution in [2.75, 3.05) is 13.1 Å². The topological polar surface area (TPSA) is 20.3 Å². The molecule has 1 saturated carbocycles. The van der Waals surface area contributed by atoms with E-state index in [1.807, 2.05) is 4.90 Å². The van der Waals surface area contributed by atoms with E-state index < -0.39 is 0 Å². The van der Waals surface area contributed by atoms with Gasteiger partial charge in [0.1, 0.15) is 0 Å². The Morgan fingerprint density at radius 1 is 1.31 bits per heavy atom. The lowest BCUT2D eigenvalue weighted by Crippen LogP contribution is -2.41. The van der Waals surface area contributed by atoms with Gasteiger partial charge in [-0.2, -0.15) is 0 Å². The van der Waals surface area contributed by atoms with E-state index in [0.717, 1.165) is 24.9 Å². The lowest BCUT2D eigenvalue weighted by atomic mass is 9.89. The molecule has 0 spiro atoms. The van der Waals surface area contributed by atoms with Crippen LogP contribution in [0.3, 0.4) is 0 Å². The molecule has 2 atom stereocenters. The fraction of sp³-hybridized carbons (Fsp3) is 0.727. The Hall–Kier alpha value is -0.790. The molecule has 1 aliphatic carbocycles. The number of nitrogens with zero attached hydrogens (tertiary/aromatic N) is 1. The molecule has 72 valence electrons. The van der Waals surface area contributed by atoms with Crippen LogP contribution in [-0.4, -0.2) is 23.9 Å². The summed E-state index contributed by atoms with van der Waals surface area (Å²) in [6, 6.07) is 0. The van der Waals surface area contributed by atoms with Crippen LogP contribution in [0, 0.1) is 11.8 Å². The highest BCUT2D eigenvalue weighted by Gasteiger charge is 2.33. The first-order chi connectivity index (χ1) is 6.31. The van der Waals surface area contributed by atoms with Crippen LogP contribution in [0.1, 0.15) is 25.7 Å². The Kier molecular flexibility index (Phi) is 2.38. The van der Waals surface area contributed by atoms with Crippen molar-refractivity contribution >= 4 is 5.91 Å². The van der Waals surface area contributed by atoms with Crippen LogP contribution >= 0.6 is 0 Å². The van der Waals surface area contributed by atoms with Gasteiger partial charge in [0, 0.05) is 13.1 Å². The lowest BCUT2D eigenvalue weighted by molar-refractivity contribution is -0.128. The summed E-state index contributed by atoms with van der Waals surface area (Å²) in [5.41, 5.74) is 0. The zero-order valence-corrected chi connectivity index (χ0v) is 8.04. The molecular formula is C11H17NO. The number of carbonyl (C=O) groups excluding carboxylic acids is 1. The van der Waals surface area contributed by atoms with Crippen molar-refractivity contribution in [3.63, 3.8) is 0 Å². The highest BCUT2D eigenvalue weighted by Crippen LogP contribution is 2.37. The van der Waals surface area contributed by atoms with Crippen LogP contribution in [0.25, 0.3) is 0 Å². The summed E-state index contributed by atoms with van der Waals surface area (Å²) in [5, 5.41) is 0. The summed E-state index contributed by atoms with van der Waals surface area (Å²) in [5.74, 6) is 1.82. The van der Waals surface area contributed by atoms with Gasteiger partial charge in [0.2, 0.25) is 5.91 Å². The number of carbonyl (C=O) groups is 1. The molecule has 0 radical (unpaired) electrons. The second-order valence-corrected chi connectivity index (χ2v) is 4.23. The molecule has 2 fully saturated rings. The van der Waals surface area contributed by atoms with Crippen LogP contribution in [0.4, 0.5) is 0 Å². The van der Waals surface area contributed by atoms with E-state index in [2.05, 4.69) is 6.58 Å². The minimum absolute atomic E-state index is 0.116. The second kappa shape index (κ2) is 3.52. The van der Waals surface area contributed by atoms with Crippen molar-refractivity contribution < 1.29 is 4.79 Å². The molecule has 0 aromatic carbocycles. The van der Waals surface area contributed by atoms with Gasteiger partial charge in [0.25, 0.3) is 0 Å². The Bertz CT molecular complexity index is 224. The maximum atomic E-state index is 11.4. The SMILES string of the molecule is C=CC(=O)N1CCC2CCCC2C1. The fourth-order valence-corrected chi connectivity index (χ4v) is 2.76. The Labute approximate surface area is 79.6 Å². The third kappa shape index (κ3) is 1.62. The van der Waals surface area contributed by atoms with Gasteiger partial charge in [0.05, 0.1) is 0 Å². The Morgan fingerprint density at radius 2 is 2.08 bits per heavy atom. The number of hydrogen-bond acceptors (Lipinski definition) is 1. The number of hydrogen-bond donors (Lipinski definition) is 0. The van der Waals surface area contributed by atoms with Crippen LogP contribution in [-0.2, 0) is 4.79 Å². The van der Waals surface area contributed by atoms with E-state index in [9.17, 15) is 4.79 Å². The number of rotatable bonds is 1. The van der Waals surface area contributed by atoms with Gasteiger partial charge in [-0.3, -0.25) is 4.79 Å². The van der Waals surface area contributed by atoms with Crippen LogP contribution < -0.4 is 0 Å². The van der Waals surface area contributed by atoms with Crippen molar-refractivity contribution in [1.29, 1.82) is 0 Å². The molecular weight excluding hydrogens is 162 g/mol. The summed E-state index contributed by atoms with van der Waals surface area (Å²) < 4.78 is 0. The molecule has 13 heavy (non-hydrogen) atoms. The summed E-state index contributed by atoms with van der Waals surface area (Å²) in [7, 11) is 0. The van der Waals surface area contributed by atoms with Gasteiger partial charge >= 0.3 is 0 Å². The molecule has 2 heteroatoms. The first-order valence-electron chi connectivity index (χ1n) is 5.22. The first kappa shape index (κ1) is 8.79. The summed E-state index contributed by atoms with van der Waals surface area (Å²) in [6.45, 7) is 5.46. The van der Waals surface area contributed by atoms with Gasteiger partial charge in [-0.1, -0.05) is 19.4 Å². The maximum absolute atomic E-state index is 11.4. The van der Waals surface area contributed by atoms with Gasteiger partial charge in [-0.05, 0) is 30.8 Å². The minimum atomic E-state index is 0.116. The van der Waals surface area contributed by atoms with Crippen molar-refractivity contribution in [3.05, 3.63) is 12.7 Å². The van der Waals surface area contributed by atoms with E-state index in [0.29, 0.717) is 0 Å². The number of piperidine rings is 1. The predicted molar refractivity (Wildman–Crippen MR) is 52.2 cm³/mol. The van der Waals surface area contributed by atoms with Gasteiger partial charge in [-0.25, -0.2) is 0 Å². The third-order valence-corrected chi connectivity index (χ3v) is 3.53. The van der Waals surface area contributed by atoms with Crippen molar-refractivity contribution in [2.24, 2.45) is 11.8 Å². The molecule has 0 N–H and O–H groups in total. The quantitative estimate of drug-likeness (QED) is 0.562. The first-order valence-corrected chi connectivity index (χ1v) is 5.22. The average molecular weight is 179 g/mol. The predicted octanol–water partition coefficient (Wildman–Crippen LogP) is 1.82. The zero-order chi connectivity index (χ0) is 9.26. The number of amides is 1. The highest BCUT2D eigenvalue weighted by molar-refractivity contribution is 5.87. The van der Waals surface area contributed by atoms with Gasteiger partial charge < -0.3 is 4.90 Å². The van der Waals surface area contributed by atoms with E-state index in [4.69, 9.17) is 0 Å². The van der Waals surface area contributed by atoms with E-state index in [1.165, 1.54) is 31.8 Å². The van der Waals surface area contributed by atoms with E-state index in [1.54, 1.807) is 0 Å². The average Bonchev–Trinajstić information content (AvgIpc) is 2.63. The Balaban J connectivity index is 1.96. The van der Waals surface area contributed by atoms with Gasteiger partial charge in [-0.15, -0.1) is 0 Å². The minimum Gasteiger partial charge on any atom is -0.339 e. The summed E-state index contributed by atoms with van der Waals surface area (Å²) in [4.78, 5) is 13.3. The van der Waals surface area contributed by atoms with Crippen molar-refractivity contribution in [2.45, 2.75) is 25.7 Å². The molecule has 2 aliphatic rings. The smallest absolute Gasteiger partial charge is 0.245 e. The fourth-order valence-electron chi connectivity index (χ4n) is 2.76. The highest BCUT2D eigenvalue weighted by atomic mass is 16.2. The normalized spacial score (nSPS) is 32.8. The Morgan fingerprint density at radius 3 is 2.85 bits per heavy atom. The molecule has 0 aromatic heterocycles. The number of likely N-dealkylation sites (tertiary alicyclic amines) is 1. The maximum Gasteiger partial charge on any atom is 0.245 e. The molecule has 1 amide bonds. The molecule has 1 heterocycles. The summed E-state index contributed by atoms with van der Waals surface area (Å²) in [6.07, 6.45) is 6.73. The van der Waals surface area contributed by atoms with E-state index >= 15 is 0 Å². The second-order valence-electron chi connectivity index (χ2n) is 4.23. The summed E-state index contributed by atoms with van der Waals surface area (Å²) >= 11 is 0. The van der Waals surface area contributed by atoms with Crippen LogP contribution in [0.2, 0.25) is 0 Å². The molecule has 2 unspecified atom stereocenters. The molecule has 2 nitrogen and oxygen atoms in total. The zero-order valence-electron chi connectivity index (χ0n) is 8.04. The van der Waals surface area contributed by atoms with Crippen molar-refractivity contribution in [1.82, 2.24) is 4.90 Å². The molecule has 1 saturated heterocycles. The van der Waals surface area contributed by atoms with Crippen molar-refractivity contribution in [3.8, 4) is 0 Å². The molecule has 0 aromatic rings. The molecule has 0 bridgehead atoms. The largest absolute Gasteiger partial charge is 0.339 e. The van der Waals surface area contributed by atoms with Crippen LogP contribution in [0.15, 0.2) is 12.7 Å². The standard InChI is InChI=1S/C11H17NO/c1-2-11(13)12-7-6-9-4-3-5-10(9)8-12/h2,9-10H,1,3-8H2. The third-order valence-electron chi connectivity index (χ3n) is 3.53. The monoisotopic (exact) mass is 179 g/mol. The lowest BCUT2D eigenvalue weighted by Gasteiger charge is -2.34. The number of fused-ring (bicyclic) bond motifs is 1. The van der Waals surface area contributed by atoms with Crippen LogP contribution in [0.5, 0.6) is 0 Å².